The Morgan fingerprint density at radius 1 is 1.42 bits per heavy atom. The minimum Gasteiger partial charge on any atom is -0.479 e. The molecule has 1 rings (SSSR count). The highest BCUT2D eigenvalue weighted by Crippen LogP contribution is 2.19. The van der Waals surface area contributed by atoms with Crippen LogP contribution in [0.15, 0.2) is 18.2 Å². The standard InChI is InChI=1S/C13H15FO5/c1-2-19-11(15)6-4-8-3-5-9(10(14)7-8)12(16)13(17)18/h3,5,7,12,16H,2,4,6H2,1H3,(H,17,18). The maximum Gasteiger partial charge on any atom is 0.337 e. The topological polar surface area (TPSA) is 83.8 Å². The summed E-state index contributed by atoms with van der Waals surface area (Å²) in [5.41, 5.74) is 0.235. The van der Waals surface area contributed by atoms with Gasteiger partial charge in [-0.25, -0.2) is 9.18 Å². The third-order valence-electron chi connectivity index (χ3n) is 2.52. The third kappa shape index (κ3) is 4.33. The van der Waals surface area contributed by atoms with Gasteiger partial charge < -0.3 is 14.9 Å². The predicted octanol–water partition coefficient (Wildman–Crippen LogP) is 1.44. The number of halogens is 1. The molecule has 0 aliphatic rings. The SMILES string of the molecule is CCOC(=O)CCc1ccc(C(O)C(=O)O)c(F)c1. The molecule has 5 nitrogen and oxygen atoms in total. The van der Waals surface area contributed by atoms with E-state index in [0.29, 0.717) is 12.0 Å². The number of benzene rings is 1. The van der Waals surface area contributed by atoms with E-state index in [4.69, 9.17) is 9.84 Å². The number of carbonyl (C=O) groups excluding carboxylic acids is 1. The number of ether oxygens (including phenoxy) is 1. The molecular formula is C13H15FO5. The van der Waals surface area contributed by atoms with Gasteiger partial charge in [0.25, 0.3) is 0 Å². The Balaban J connectivity index is 2.72. The van der Waals surface area contributed by atoms with Gasteiger partial charge in [0.15, 0.2) is 6.10 Å². The number of hydrogen-bond acceptors (Lipinski definition) is 4. The molecule has 0 aromatic heterocycles. The van der Waals surface area contributed by atoms with E-state index in [2.05, 4.69) is 0 Å². The molecule has 0 amide bonds. The van der Waals surface area contributed by atoms with Crippen LogP contribution >= 0.6 is 0 Å². The molecule has 0 saturated carbocycles. The van der Waals surface area contributed by atoms with Crippen molar-refractivity contribution in [1.29, 1.82) is 0 Å². The highest BCUT2D eigenvalue weighted by Gasteiger charge is 2.20. The van der Waals surface area contributed by atoms with E-state index in [9.17, 15) is 19.1 Å². The van der Waals surface area contributed by atoms with Gasteiger partial charge in [-0.05, 0) is 25.0 Å². The first kappa shape index (κ1) is 15.1. The van der Waals surface area contributed by atoms with E-state index >= 15 is 0 Å². The van der Waals surface area contributed by atoms with Gasteiger partial charge in [-0.15, -0.1) is 0 Å². The van der Waals surface area contributed by atoms with Crippen LogP contribution in [0.1, 0.15) is 30.6 Å². The number of aryl methyl sites for hydroxylation is 1. The molecule has 0 fully saturated rings. The predicted molar refractivity (Wildman–Crippen MR) is 63.9 cm³/mol. The van der Waals surface area contributed by atoms with Gasteiger partial charge in [-0.3, -0.25) is 4.79 Å². The number of carboxylic acids is 1. The number of aliphatic hydroxyl groups excluding tert-OH is 1. The van der Waals surface area contributed by atoms with E-state index < -0.39 is 17.9 Å². The first-order chi connectivity index (χ1) is 8.95. The van der Waals surface area contributed by atoms with Crippen LogP contribution in [0.3, 0.4) is 0 Å². The summed E-state index contributed by atoms with van der Waals surface area (Å²) in [4.78, 5) is 21.7. The Kier molecular flexibility index (Phi) is 5.44. The first-order valence-electron chi connectivity index (χ1n) is 5.80. The summed E-state index contributed by atoms with van der Waals surface area (Å²) in [6.45, 7) is 1.98. The lowest BCUT2D eigenvalue weighted by molar-refractivity contribution is -0.147. The Morgan fingerprint density at radius 2 is 2.11 bits per heavy atom. The molecule has 1 aromatic carbocycles. The van der Waals surface area contributed by atoms with Crippen molar-refractivity contribution in [2.45, 2.75) is 25.9 Å². The average molecular weight is 270 g/mol. The lowest BCUT2D eigenvalue weighted by Gasteiger charge is -2.09. The number of aliphatic carboxylic acids is 1. The molecule has 0 radical (unpaired) electrons. The first-order valence-corrected chi connectivity index (χ1v) is 5.80. The molecule has 0 bridgehead atoms. The molecule has 6 heteroatoms. The van der Waals surface area contributed by atoms with Gasteiger partial charge in [-0.2, -0.15) is 0 Å². The van der Waals surface area contributed by atoms with Crippen molar-refractivity contribution in [3.63, 3.8) is 0 Å². The van der Waals surface area contributed by atoms with Crippen LogP contribution in [-0.2, 0) is 20.7 Å². The van der Waals surface area contributed by atoms with Crippen molar-refractivity contribution in [2.75, 3.05) is 6.61 Å². The fourth-order valence-electron chi connectivity index (χ4n) is 1.56. The van der Waals surface area contributed by atoms with Crippen molar-refractivity contribution in [2.24, 2.45) is 0 Å². The number of hydrogen-bond donors (Lipinski definition) is 2. The summed E-state index contributed by atoms with van der Waals surface area (Å²) >= 11 is 0. The zero-order valence-electron chi connectivity index (χ0n) is 10.4. The van der Waals surface area contributed by atoms with E-state index in [1.165, 1.54) is 12.1 Å². The van der Waals surface area contributed by atoms with E-state index in [1.54, 1.807) is 6.92 Å². The van der Waals surface area contributed by atoms with E-state index in [-0.39, 0.29) is 24.6 Å². The third-order valence-corrected chi connectivity index (χ3v) is 2.52. The monoisotopic (exact) mass is 270 g/mol. The normalized spacial score (nSPS) is 11.9. The fraction of sp³-hybridized carbons (Fsp3) is 0.385. The molecule has 1 unspecified atom stereocenters. The van der Waals surface area contributed by atoms with Crippen molar-refractivity contribution < 1.29 is 28.9 Å². The van der Waals surface area contributed by atoms with Crippen LogP contribution in [0, 0.1) is 5.82 Å². The summed E-state index contributed by atoms with van der Waals surface area (Å²) in [7, 11) is 0. The highest BCUT2D eigenvalue weighted by molar-refractivity contribution is 5.74. The van der Waals surface area contributed by atoms with E-state index in [0.717, 1.165) is 6.07 Å². The van der Waals surface area contributed by atoms with Gasteiger partial charge in [0.2, 0.25) is 0 Å². The summed E-state index contributed by atoms with van der Waals surface area (Å²) in [5.74, 6) is -2.70. The lowest BCUT2D eigenvalue weighted by atomic mass is 10.0. The number of carbonyl (C=O) groups is 2. The van der Waals surface area contributed by atoms with Crippen LogP contribution in [0.5, 0.6) is 0 Å². The van der Waals surface area contributed by atoms with E-state index in [1.807, 2.05) is 0 Å². The Bertz CT molecular complexity index is 472. The molecule has 0 aliphatic heterocycles. The summed E-state index contributed by atoms with van der Waals surface area (Å²) in [5, 5.41) is 17.8. The minimum atomic E-state index is -1.89. The zero-order valence-corrected chi connectivity index (χ0v) is 10.4. The molecule has 2 N–H and O–H groups in total. The zero-order chi connectivity index (χ0) is 14.4. The van der Waals surface area contributed by atoms with Crippen molar-refractivity contribution in [1.82, 2.24) is 0 Å². The van der Waals surface area contributed by atoms with Gasteiger partial charge in [0.05, 0.1) is 6.61 Å². The molecule has 0 saturated heterocycles. The maximum atomic E-state index is 13.6. The summed E-state index contributed by atoms with van der Waals surface area (Å²) in [6.07, 6.45) is -1.48. The van der Waals surface area contributed by atoms with Crippen molar-refractivity contribution in [3.05, 3.63) is 35.1 Å². The second kappa shape index (κ2) is 6.84. The molecule has 104 valence electrons. The van der Waals surface area contributed by atoms with Gasteiger partial charge in [-0.1, -0.05) is 12.1 Å². The molecule has 1 aromatic rings. The van der Waals surface area contributed by atoms with Crippen LogP contribution in [0.4, 0.5) is 4.39 Å². The number of esters is 1. The quantitative estimate of drug-likeness (QED) is 0.764. The summed E-state index contributed by atoms with van der Waals surface area (Å²) < 4.78 is 18.3. The van der Waals surface area contributed by atoms with Gasteiger partial charge in [0, 0.05) is 12.0 Å². The maximum absolute atomic E-state index is 13.6. The van der Waals surface area contributed by atoms with Gasteiger partial charge >= 0.3 is 11.9 Å². The van der Waals surface area contributed by atoms with Crippen LogP contribution < -0.4 is 0 Å². The Labute approximate surface area is 109 Å². The highest BCUT2D eigenvalue weighted by atomic mass is 19.1. The lowest BCUT2D eigenvalue weighted by Crippen LogP contribution is -2.12. The molecular weight excluding hydrogens is 255 g/mol. The molecule has 0 spiro atoms. The number of carboxylic acid groups (broad SMARTS) is 1. The van der Waals surface area contributed by atoms with Crippen LogP contribution in [0.2, 0.25) is 0 Å². The van der Waals surface area contributed by atoms with Crippen molar-refractivity contribution in [3.8, 4) is 0 Å². The molecule has 1 atom stereocenters. The second-order valence-electron chi connectivity index (χ2n) is 3.90. The average Bonchev–Trinajstić information content (AvgIpc) is 2.36. The van der Waals surface area contributed by atoms with Crippen molar-refractivity contribution >= 4 is 11.9 Å². The molecule has 0 heterocycles. The van der Waals surface area contributed by atoms with Crippen LogP contribution in [0.25, 0.3) is 0 Å². The smallest absolute Gasteiger partial charge is 0.337 e. The number of rotatable bonds is 6. The molecule has 0 aliphatic carbocycles. The van der Waals surface area contributed by atoms with Gasteiger partial charge in [0.1, 0.15) is 5.82 Å². The largest absolute Gasteiger partial charge is 0.479 e. The fourth-order valence-corrected chi connectivity index (χ4v) is 1.56. The Morgan fingerprint density at radius 3 is 2.63 bits per heavy atom. The molecule has 19 heavy (non-hydrogen) atoms. The Hall–Kier alpha value is -1.95. The summed E-state index contributed by atoms with van der Waals surface area (Å²) in [6, 6.07) is 3.79. The number of aliphatic hydroxyl groups is 1. The van der Waals surface area contributed by atoms with Crippen LogP contribution in [-0.4, -0.2) is 28.8 Å². The second-order valence-corrected chi connectivity index (χ2v) is 3.90. The minimum absolute atomic E-state index is 0.119.